The molecule has 4 nitrogen and oxygen atoms in total. The van der Waals surface area contributed by atoms with Gasteiger partial charge in [0, 0.05) is 0 Å². The quantitative estimate of drug-likeness (QED) is 0.293. The molecule has 32 heavy (non-hydrogen) atoms. The third-order valence-electron chi connectivity index (χ3n) is 9.07. The van der Waals surface area contributed by atoms with E-state index < -0.39 is 11.8 Å². The topological polar surface area (TPSA) is 52.6 Å². The van der Waals surface area contributed by atoms with Gasteiger partial charge in [-0.05, 0) is 88.9 Å². The molecular weight excluding hydrogens is 400 g/mol. The standard InChI is InChI=1S/C28H46O4/c1-5-21(3)27(17-11-7-12-18-27)31-25(29)23-15-9-10-16-24(23)26(30)32-28(22(4)6-2)19-13-8-14-20-28/h9-10,21-24H,5-8,11-20H2,1-4H3. The molecule has 2 fully saturated rings. The number of esters is 2. The second-order valence-corrected chi connectivity index (χ2v) is 10.9. The first-order valence-electron chi connectivity index (χ1n) is 13.5. The number of hydrogen-bond acceptors (Lipinski definition) is 4. The summed E-state index contributed by atoms with van der Waals surface area (Å²) in [6, 6.07) is 0. The molecule has 182 valence electrons. The van der Waals surface area contributed by atoms with E-state index in [0.717, 1.165) is 64.2 Å². The maximum absolute atomic E-state index is 13.5. The van der Waals surface area contributed by atoms with E-state index in [1.807, 2.05) is 12.2 Å². The third-order valence-corrected chi connectivity index (χ3v) is 9.07. The van der Waals surface area contributed by atoms with E-state index in [1.54, 1.807) is 0 Å². The molecule has 4 unspecified atom stereocenters. The molecule has 0 saturated heterocycles. The SMILES string of the molecule is CCC(C)C1(OC(=O)C2CC=CCC2C(=O)OC2(C(C)CC)CCCCC2)CCCCC1. The summed E-state index contributed by atoms with van der Waals surface area (Å²) in [6.45, 7) is 8.78. The zero-order valence-corrected chi connectivity index (χ0v) is 21.0. The number of hydrogen-bond donors (Lipinski definition) is 0. The Morgan fingerprint density at radius 3 is 1.38 bits per heavy atom. The lowest BCUT2D eigenvalue weighted by molar-refractivity contribution is -0.189. The van der Waals surface area contributed by atoms with Crippen LogP contribution in [0, 0.1) is 23.7 Å². The Kier molecular flexibility index (Phi) is 8.86. The fraction of sp³-hybridized carbons (Fsp3) is 0.857. The molecular formula is C28H46O4. The zero-order valence-electron chi connectivity index (χ0n) is 21.0. The van der Waals surface area contributed by atoms with Crippen molar-refractivity contribution in [2.24, 2.45) is 23.7 Å². The van der Waals surface area contributed by atoms with E-state index in [-0.39, 0.29) is 23.1 Å². The van der Waals surface area contributed by atoms with Gasteiger partial charge in [-0.25, -0.2) is 0 Å². The molecule has 0 aromatic rings. The molecule has 0 radical (unpaired) electrons. The van der Waals surface area contributed by atoms with Crippen LogP contribution in [0.2, 0.25) is 0 Å². The van der Waals surface area contributed by atoms with Gasteiger partial charge in [-0.2, -0.15) is 0 Å². The van der Waals surface area contributed by atoms with Crippen LogP contribution in [0.5, 0.6) is 0 Å². The molecule has 3 aliphatic carbocycles. The van der Waals surface area contributed by atoms with Crippen LogP contribution in [0.25, 0.3) is 0 Å². The molecule has 0 bridgehead atoms. The summed E-state index contributed by atoms with van der Waals surface area (Å²) < 4.78 is 12.7. The largest absolute Gasteiger partial charge is 0.459 e. The molecule has 2 saturated carbocycles. The molecule has 3 rings (SSSR count). The summed E-state index contributed by atoms with van der Waals surface area (Å²) >= 11 is 0. The average Bonchev–Trinajstić information content (AvgIpc) is 2.84. The van der Waals surface area contributed by atoms with E-state index in [4.69, 9.17) is 9.47 Å². The van der Waals surface area contributed by atoms with Gasteiger partial charge in [-0.15, -0.1) is 0 Å². The lowest BCUT2D eigenvalue weighted by Crippen LogP contribution is -2.48. The van der Waals surface area contributed by atoms with Gasteiger partial charge in [0.05, 0.1) is 11.8 Å². The van der Waals surface area contributed by atoms with Crippen LogP contribution in [0.4, 0.5) is 0 Å². The molecule has 0 amide bonds. The van der Waals surface area contributed by atoms with E-state index in [9.17, 15) is 9.59 Å². The summed E-state index contributed by atoms with van der Waals surface area (Å²) in [5, 5.41) is 0. The number of rotatable bonds is 8. The van der Waals surface area contributed by atoms with Crippen molar-refractivity contribution in [1.82, 2.24) is 0 Å². The molecule has 3 aliphatic rings. The molecule has 0 N–H and O–H groups in total. The highest BCUT2D eigenvalue weighted by Crippen LogP contribution is 2.43. The Hall–Kier alpha value is -1.32. The van der Waals surface area contributed by atoms with Gasteiger partial charge in [0.2, 0.25) is 0 Å². The highest BCUT2D eigenvalue weighted by atomic mass is 16.6. The minimum Gasteiger partial charge on any atom is -0.459 e. The summed E-state index contributed by atoms with van der Waals surface area (Å²) in [5.74, 6) is -0.528. The Morgan fingerprint density at radius 1 is 0.719 bits per heavy atom. The second kappa shape index (κ2) is 11.2. The maximum Gasteiger partial charge on any atom is 0.310 e. The third kappa shape index (κ3) is 5.42. The van der Waals surface area contributed by atoms with Crippen molar-refractivity contribution >= 4 is 11.9 Å². The fourth-order valence-electron chi connectivity index (χ4n) is 6.32. The smallest absolute Gasteiger partial charge is 0.310 e. The fourth-order valence-corrected chi connectivity index (χ4v) is 6.32. The van der Waals surface area contributed by atoms with Gasteiger partial charge in [-0.3, -0.25) is 9.59 Å². The van der Waals surface area contributed by atoms with Crippen LogP contribution < -0.4 is 0 Å². The van der Waals surface area contributed by atoms with Gasteiger partial charge >= 0.3 is 11.9 Å². The molecule has 0 aliphatic heterocycles. The average molecular weight is 447 g/mol. The molecule has 0 heterocycles. The predicted molar refractivity (Wildman–Crippen MR) is 128 cm³/mol. The predicted octanol–water partition coefficient (Wildman–Crippen LogP) is 7.15. The van der Waals surface area contributed by atoms with Crippen molar-refractivity contribution in [1.29, 1.82) is 0 Å². The van der Waals surface area contributed by atoms with Gasteiger partial charge in [-0.1, -0.05) is 52.7 Å². The van der Waals surface area contributed by atoms with Crippen LogP contribution in [-0.4, -0.2) is 23.1 Å². The van der Waals surface area contributed by atoms with Crippen LogP contribution in [0.15, 0.2) is 12.2 Å². The van der Waals surface area contributed by atoms with Crippen molar-refractivity contribution < 1.29 is 19.1 Å². The van der Waals surface area contributed by atoms with Crippen molar-refractivity contribution in [2.75, 3.05) is 0 Å². The Morgan fingerprint density at radius 2 is 1.06 bits per heavy atom. The first-order chi connectivity index (χ1) is 15.4. The van der Waals surface area contributed by atoms with Gasteiger partial charge < -0.3 is 9.47 Å². The Labute approximate surface area is 195 Å². The van der Waals surface area contributed by atoms with Gasteiger partial charge in [0.25, 0.3) is 0 Å². The number of carbonyl (C=O) groups is 2. The molecule has 4 atom stereocenters. The van der Waals surface area contributed by atoms with Crippen LogP contribution in [0.3, 0.4) is 0 Å². The van der Waals surface area contributed by atoms with Crippen LogP contribution in [0.1, 0.15) is 118 Å². The van der Waals surface area contributed by atoms with E-state index in [2.05, 4.69) is 27.7 Å². The lowest BCUT2D eigenvalue weighted by atomic mass is 9.74. The lowest BCUT2D eigenvalue weighted by Gasteiger charge is -2.44. The number of allylic oxidation sites excluding steroid dienone is 2. The minimum atomic E-state index is -0.423. The van der Waals surface area contributed by atoms with Crippen molar-refractivity contribution in [2.45, 2.75) is 129 Å². The first kappa shape index (κ1) is 25.3. The zero-order chi connectivity index (χ0) is 23.2. The number of ether oxygens (including phenoxy) is 2. The van der Waals surface area contributed by atoms with Crippen LogP contribution in [-0.2, 0) is 19.1 Å². The van der Waals surface area contributed by atoms with Crippen molar-refractivity contribution in [3.05, 3.63) is 12.2 Å². The highest BCUT2D eigenvalue weighted by molar-refractivity contribution is 5.83. The molecule has 4 heteroatoms. The molecule has 0 aromatic carbocycles. The molecule has 0 aromatic heterocycles. The second-order valence-electron chi connectivity index (χ2n) is 10.9. The summed E-state index contributed by atoms with van der Waals surface area (Å²) in [7, 11) is 0. The van der Waals surface area contributed by atoms with Gasteiger partial charge in [0.1, 0.15) is 11.2 Å². The Bertz CT molecular complexity index is 598. The van der Waals surface area contributed by atoms with Gasteiger partial charge in [0.15, 0.2) is 0 Å². The highest BCUT2D eigenvalue weighted by Gasteiger charge is 2.47. The first-order valence-corrected chi connectivity index (χ1v) is 13.5. The van der Waals surface area contributed by atoms with E-state index >= 15 is 0 Å². The van der Waals surface area contributed by atoms with Crippen molar-refractivity contribution in [3.63, 3.8) is 0 Å². The normalized spacial score (nSPS) is 29.0. The summed E-state index contributed by atoms with van der Waals surface area (Å²) in [4.78, 5) is 27.0. The Balaban J connectivity index is 1.75. The minimum absolute atomic E-state index is 0.181. The van der Waals surface area contributed by atoms with Crippen molar-refractivity contribution in [3.8, 4) is 0 Å². The summed E-state index contributed by atoms with van der Waals surface area (Å²) in [5.41, 5.74) is -0.720. The monoisotopic (exact) mass is 446 g/mol. The number of carbonyl (C=O) groups excluding carboxylic acids is 2. The summed E-state index contributed by atoms with van der Waals surface area (Å²) in [6.07, 6.45) is 17.9. The molecule has 0 spiro atoms. The van der Waals surface area contributed by atoms with E-state index in [1.165, 1.54) is 12.8 Å². The van der Waals surface area contributed by atoms with Crippen LogP contribution >= 0.6 is 0 Å². The van der Waals surface area contributed by atoms with E-state index in [0.29, 0.717) is 24.7 Å². The maximum atomic E-state index is 13.5.